The van der Waals surface area contributed by atoms with Crippen molar-refractivity contribution >= 4 is 0 Å². The van der Waals surface area contributed by atoms with E-state index in [2.05, 4.69) is 5.10 Å². The van der Waals surface area contributed by atoms with E-state index in [1.54, 1.807) is 13.8 Å². The molecule has 0 aliphatic heterocycles. The van der Waals surface area contributed by atoms with E-state index in [0.717, 1.165) is 10.2 Å². The molecule has 0 radical (unpaired) electrons. The highest BCUT2D eigenvalue weighted by Gasteiger charge is 2.15. The molecule has 2 N–H and O–H groups in total. The van der Waals surface area contributed by atoms with Crippen molar-refractivity contribution in [1.82, 2.24) is 9.78 Å². The van der Waals surface area contributed by atoms with Crippen LogP contribution in [0.3, 0.4) is 0 Å². The van der Waals surface area contributed by atoms with Crippen molar-refractivity contribution in [2.45, 2.75) is 26.8 Å². The van der Waals surface area contributed by atoms with Gasteiger partial charge >= 0.3 is 6.55 Å². The summed E-state index contributed by atoms with van der Waals surface area (Å²) in [7, 11) is 0. The van der Waals surface area contributed by atoms with Crippen LogP contribution in [-0.2, 0) is 6.42 Å². The summed E-state index contributed by atoms with van der Waals surface area (Å²) >= 11 is 0. The first-order chi connectivity index (χ1) is 6.07. The molecule has 13 heavy (non-hydrogen) atoms. The average Bonchev–Trinajstić information content (AvgIpc) is 2.32. The Balaban J connectivity index is 3.07. The molecule has 0 amide bonds. The fourth-order valence-electron chi connectivity index (χ4n) is 1.39. The monoisotopic (exact) mass is 189 g/mol. The van der Waals surface area contributed by atoms with Crippen LogP contribution in [0, 0.1) is 13.8 Å². The smallest absolute Gasteiger partial charge is 0.330 e. The minimum Gasteiger partial charge on any atom is -0.330 e. The number of halogens is 2. The molecule has 5 heteroatoms. The van der Waals surface area contributed by atoms with Gasteiger partial charge in [-0.25, -0.2) is 4.68 Å². The van der Waals surface area contributed by atoms with Gasteiger partial charge in [-0.15, -0.1) is 0 Å². The lowest BCUT2D eigenvalue weighted by molar-refractivity contribution is 0.0540. The summed E-state index contributed by atoms with van der Waals surface area (Å²) in [5.74, 6) is 0. The van der Waals surface area contributed by atoms with E-state index in [-0.39, 0.29) is 0 Å². The van der Waals surface area contributed by atoms with E-state index < -0.39 is 6.55 Å². The molecule has 74 valence electrons. The third-order valence-electron chi connectivity index (χ3n) is 2.05. The number of nitrogens with two attached hydrogens (primary N) is 1. The number of aromatic nitrogens is 2. The molecule has 0 atom stereocenters. The molecular weight excluding hydrogens is 176 g/mol. The summed E-state index contributed by atoms with van der Waals surface area (Å²) in [5, 5.41) is 3.74. The summed E-state index contributed by atoms with van der Waals surface area (Å²) in [4.78, 5) is 0. The van der Waals surface area contributed by atoms with Gasteiger partial charge in [-0.3, -0.25) is 0 Å². The van der Waals surface area contributed by atoms with Gasteiger partial charge in [0, 0.05) is 5.69 Å². The van der Waals surface area contributed by atoms with Crippen molar-refractivity contribution in [2.24, 2.45) is 5.73 Å². The lowest BCUT2D eigenvalue weighted by atomic mass is 10.1. The fourth-order valence-corrected chi connectivity index (χ4v) is 1.39. The first-order valence-corrected chi connectivity index (χ1v) is 4.10. The zero-order valence-corrected chi connectivity index (χ0v) is 7.72. The second-order valence-electron chi connectivity index (χ2n) is 2.91. The highest BCUT2D eigenvalue weighted by Crippen LogP contribution is 2.19. The Kier molecular flexibility index (Phi) is 2.98. The van der Waals surface area contributed by atoms with E-state index in [1.165, 1.54) is 0 Å². The molecule has 1 heterocycles. The summed E-state index contributed by atoms with van der Waals surface area (Å²) in [5.41, 5.74) is 7.35. The van der Waals surface area contributed by atoms with Gasteiger partial charge in [0.25, 0.3) is 0 Å². The Labute approximate surface area is 75.5 Å². The molecule has 0 bridgehead atoms. The normalized spacial score (nSPS) is 11.2. The second-order valence-corrected chi connectivity index (χ2v) is 2.91. The van der Waals surface area contributed by atoms with Gasteiger partial charge < -0.3 is 5.73 Å². The van der Waals surface area contributed by atoms with Gasteiger partial charge in [-0.05, 0) is 32.4 Å². The number of hydrogen-bond donors (Lipinski definition) is 1. The van der Waals surface area contributed by atoms with E-state index in [9.17, 15) is 8.78 Å². The number of alkyl halides is 2. The lowest BCUT2D eigenvalue weighted by Gasteiger charge is -2.02. The standard InChI is InChI=1S/C8H13F2N3/c1-5-7(3-4-11)6(2)13(12-5)8(9)10/h8H,3-4,11H2,1-2H3. The van der Waals surface area contributed by atoms with E-state index in [1.807, 2.05) is 0 Å². The van der Waals surface area contributed by atoms with E-state index in [0.29, 0.717) is 24.4 Å². The van der Waals surface area contributed by atoms with Gasteiger partial charge in [0.15, 0.2) is 0 Å². The summed E-state index contributed by atoms with van der Waals surface area (Å²) in [6.45, 7) is 1.25. The maximum atomic E-state index is 12.3. The van der Waals surface area contributed by atoms with Crippen molar-refractivity contribution in [3.63, 3.8) is 0 Å². The van der Waals surface area contributed by atoms with Crippen molar-refractivity contribution in [3.05, 3.63) is 17.0 Å². The van der Waals surface area contributed by atoms with Crippen LogP contribution in [0.15, 0.2) is 0 Å². The highest BCUT2D eigenvalue weighted by molar-refractivity contribution is 5.24. The molecule has 1 aromatic heterocycles. The van der Waals surface area contributed by atoms with Crippen molar-refractivity contribution < 1.29 is 8.78 Å². The lowest BCUT2D eigenvalue weighted by Crippen LogP contribution is -2.06. The average molecular weight is 189 g/mol. The molecule has 0 saturated carbocycles. The number of rotatable bonds is 3. The van der Waals surface area contributed by atoms with Crippen molar-refractivity contribution in [2.75, 3.05) is 6.54 Å². The zero-order chi connectivity index (χ0) is 10.0. The Morgan fingerprint density at radius 2 is 2.08 bits per heavy atom. The minimum absolute atomic E-state index is 0.455. The van der Waals surface area contributed by atoms with Crippen LogP contribution in [0.4, 0.5) is 8.78 Å². The van der Waals surface area contributed by atoms with E-state index >= 15 is 0 Å². The summed E-state index contributed by atoms with van der Waals surface area (Å²) in [6, 6.07) is 0. The van der Waals surface area contributed by atoms with Gasteiger partial charge in [-0.2, -0.15) is 13.9 Å². The van der Waals surface area contributed by atoms with Crippen molar-refractivity contribution in [1.29, 1.82) is 0 Å². The first kappa shape index (κ1) is 10.1. The van der Waals surface area contributed by atoms with Crippen LogP contribution in [0.1, 0.15) is 23.5 Å². The predicted octanol–water partition coefficient (Wildman–Crippen LogP) is 1.40. The molecule has 0 aliphatic carbocycles. The minimum atomic E-state index is -2.56. The maximum absolute atomic E-state index is 12.3. The molecule has 1 aromatic rings. The van der Waals surface area contributed by atoms with Crippen LogP contribution >= 0.6 is 0 Å². The Hall–Kier alpha value is -0.970. The Bertz CT molecular complexity index is 294. The quantitative estimate of drug-likeness (QED) is 0.781. The zero-order valence-electron chi connectivity index (χ0n) is 7.72. The van der Waals surface area contributed by atoms with Gasteiger partial charge in [-0.1, -0.05) is 0 Å². The largest absolute Gasteiger partial charge is 0.333 e. The maximum Gasteiger partial charge on any atom is 0.333 e. The molecule has 0 aromatic carbocycles. The van der Waals surface area contributed by atoms with Gasteiger partial charge in [0.1, 0.15) is 0 Å². The van der Waals surface area contributed by atoms with Gasteiger partial charge in [0.05, 0.1) is 5.69 Å². The van der Waals surface area contributed by atoms with Gasteiger partial charge in [0.2, 0.25) is 0 Å². The molecule has 3 nitrogen and oxygen atoms in total. The van der Waals surface area contributed by atoms with E-state index in [4.69, 9.17) is 5.73 Å². The summed E-state index contributed by atoms with van der Waals surface area (Å²) in [6.07, 6.45) is 0.602. The molecule has 0 unspecified atom stereocenters. The molecule has 0 fully saturated rings. The summed E-state index contributed by atoms with van der Waals surface area (Å²) < 4.78 is 25.4. The highest BCUT2D eigenvalue weighted by atomic mass is 19.3. The molecule has 0 aliphatic rings. The topological polar surface area (TPSA) is 43.8 Å². The Morgan fingerprint density at radius 3 is 2.46 bits per heavy atom. The van der Waals surface area contributed by atoms with Crippen LogP contribution in [0.2, 0.25) is 0 Å². The number of nitrogens with zero attached hydrogens (tertiary/aromatic N) is 2. The molecule has 0 saturated heterocycles. The predicted molar refractivity (Wildman–Crippen MR) is 45.7 cm³/mol. The third-order valence-corrected chi connectivity index (χ3v) is 2.05. The van der Waals surface area contributed by atoms with Crippen LogP contribution in [0.25, 0.3) is 0 Å². The fraction of sp³-hybridized carbons (Fsp3) is 0.625. The SMILES string of the molecule is Cc1nn(C(F)F)c(C)c1CCN. The molecule has 0 spiro atoms. The first-order valence-electron chi connectivity index (χ1n) is 4.10. The van der Waals surface area contributed by atoms with Crippen LogP contribution in [0.5, 0.6) is 0 Å². The van der Waals surface area contributed by atoms with Crippen LogP contribution in [-0.4, -0.2) is 16.3 Å². The van der Waals surface area contributed by atoms with Crippen molar-refractivity contribution in [3.8, 4) is 0 Å². The second kappa shape index (κ2) is 3.83. The number of aryl methyl sites for hydroxylation is 1. The Morgan fingerprint density at radius 1 is 1.46 bits per heavy atom. The van der Waals surface area contributed by atoms with Crippen LogP contribution < -0.4 is 5.73 Å². The third kappa shape index (κ3) is 1.85. The number of hydrogen-bond acceptors (Lipinski definition) is 2. The molecular formula is C8H13F2N3. The molecule has 1 rings (SSSR count).